The first-order valence-electron chi connectivity index (χ1n) is 6.71. The van der Waals surface area contributed by atoms with Gasteiger partial charge in [-0.1, -0.05) is 27.7 Å². The van der Waals surface area contributed by atoms with Gasteiger partial charge in [0.05, 0.1) is 19.4 Å². The van der Waals surface area contributed by atoms with Crippen LogP contribution in [0.4, 0.5) is 0 Å². The lowest BCUT2D eigenvalue weighted by molar-refractivity contribution is -0.155. The summed E-state index contributed by atoms with van der Waals surface area (Å²) in [4.78, 5) is 22.7. The van der Waals surface area contributed by atoms with Gasteiger partial charge in [-0.15, -0.1) is 0 Å². The molecule has 0 aromatic carbocycles. The number of carbonyl (C=O) groups is 2. The van der Waals surface area contributed by atoms with Gasteiger partial charge < -0.3 is 9.47 Å². The van der Waals surface area contributed by atoms with Crippen LogP contribution < -0.4 is 0 Å². The molecule has 0 saturated heterocycles. The summed E-state index contributed by atoms with van der Waals surface area (Å²) < 4.78 is 10.2. The van der Waals surface area contributed by atoms with Crippen molar-refractivity contribution >= 4 is 11.9 Å². The third kappa shape index (κ3) is 8.09. The molecule has 1 unspecified atom stereocenters. The molecule has 0 aliphatic heterocycles. The van der Waals surface area contributed by atoms with E-state index in [1.807, 2.05) is 13.8 Å². The molecule has 4 nitrogen and oxygen atoms in total. The Labute approximate surface area is 110 Å². The van der Waals surface area contributed by atoms with E-state index in [2.05, 4.69) is 13.8 Å². The van der Waals surface area contributed by atoms with Gasteiger partial charge in [-0.3, -0.25) is 9.59 Å². The van der Waals surface area contributed by atoms with Crippen molar-refractivity contribution in [1.82, 2.24) is 0 Å². The lowest BCUT2D eigenvalue weighted by Crippen LogP contribution is -2.25. The fraction of sp³-hybridized carbons (Fsp3) is 0.857. The van der Waals surface area contributed by atoms with Crippen LogP contribution in [0.15, 0.2) is 0 Å². The number of rotatable bonds is 8. The number of hydrogen-bond acceptors (Lipinski definition) is 4. The zero-order chi connectivity index (χ0) is 14.1. The number of esters is 2. The highest BCUT2D eigenvalue weighted by molar-refractivity contribution is 5.77. The Morgan fingerprint density at radius 3 is 2.00 bits per heavy atom. The van der Waals surface area contributed by atoms with Gasteiger partial charge in [0, 0.05) is 0 Å². The van der Waals surface area contributed by atoms with Crippen molar-refractivity contribution in [2.45, 2.75) is 60.0 Å². The fourth-order valence-electron chi connectivity index (χ4n) is 1.59. The first-order chi connectivity index (χ1) is 8.36. The highest BCUT2D eigenvalue weighted by Crippen LogP contribution is 2.17. The third-order valence-electron chi connectivity index (χ3n) is 2.57. The van der Waals surface area contributed by atoms with Crippen molar-refractivity contribution in [3.05, 3.63) is 0 Å². The van der Waals surface area contributed by atoms with Crippen LogP contribution in [0, 0.1) is 11.8 Å². The van der Waals surface area contributed by atoms with E-state index in [1.54, 1.807) is 6.92 Å². The normalized spacial score (nSPS) is 12.6. The molecule has 106 valence electrons. The standard InChI is InChI=1S/C14H26O4/c1-6-17-13(15)7-8-14(16)18-12(11(4)5)9-10(2)3/h10-12H,6-9H2,1-5H3. The highest BCUT2D eigenvalue weighted by atomic mass is 16.5. The first kappa shape index (κ1) is 16.9. The molecular formula is C14H26O4. The van der Waals surface area contributed by atoms with E-state index in [4.69, 9.17) is 9.47 Å². The summed E-state index contributed by atoms with van der Waals surface area (Å²) in [6.07, 6.45) is 0.974. The van der Waals surface area contributed by atoms with Gasteiger partial charge in [0.1, 0.15) is 6.10 Å². The van der Waals surface area contributed by atoms with Gasteiger partial charge in [-0.05, 0) is 25.2 Å². The predicted octanol–water partition coefficient (Wildman–Crippen LogP) is 2.94. The van der Waals surface area contributed by atoms with E-state index >= 15 is 0 Å². The monoisotopic (exact) mass is 258 g/mol. The van der Waals surface area contributed by atoms with Crippen molar-refractivity contribution < 1.29 is 19.1 Å². The van der Waals surface area contributed by atoms with Gasteiger partial charge in [-0.25, -0.2) is 0 Å². The van der Waals surface area contributed by atoms with Crippen molar-refractivity contribution in [2.75, 3.05) is 6.61 Å². The van der Waals surface area contributed by atoms with Crippen molar-refractivity contribution in [2.24, 2.45) is 11.8 Å². The van der Waals surface area contributed by atoms with E-state index in [1.165, 1.54) is 0 Å². The largest absolute Gasteiger partial charge is 0.466 e. The second-order valence-electron chi connectivity index (χ2n) is 5.21. The minimum absolute atomic E-state index is 0.0697. The average molecular weight is 258 g/mol. The summed E-state index contributed by atoms with van der Waals surface area (Å²) >= 11 is 0. The van der Waals surface area contributed by atoms with Crippen LogP contribution in [0.3, 0.4) is 0 Å². The minimum atomic E-state index is -0.348. The number of hydrogen-bond donors (Lipinski definition) is 0. The molecule has 0 saturated carbocycles. The minimum Gasteiger partial charge on any atom is -0.466 e. The Hall–Kier alpha value is -1.06. The summed E-state index contributed by atoms with van der Waals surface area (Å²) in [5.41, 5.74) is 0. The molecule has 0 spiro atoms. The number of ether oxygens (including phenoxy) is 2. The molecule has 0 rings (SSSR count). The molecule has 0 fully saturated rings. The topological polar surface area (TPSA) is 52.6 Å². The van der Waals surface area contributed by atoms with Crippen LogP contribution in [0.25, 0.3) is 0 Å². The maximum Gasteiger partial charge on any atom is 0.306 e. The maximum absolute atomic E-state index is 11.6. The second-order valence-corrected chi connectivity index (χ2v) is 5.21. The molecule has 0 N–H and O–H groups in total. The van der Waals surface area contributed by atoms with Crippen LogP contribution in [-0.2, 0) is 19.1 Å². The van der Waals surface area contributed by atoms with E-state index < -0.39 is 0 Å². The molecule has 0 bridgehead atoms. The molecule has 18 heavy (non-hydrogen) atoms. The first-order valence-corrected chi connectivity index (χ1v) is 6.71. The predicted molar refractivity (Wildman–Crippen MR) is 70.0 cm³/mol. The van der Waals surface area contributed by atoms with Gasteiger partial charge in [0.2, 0.25) is 0 Å². The zero-order valence-electron chi connectivity index (χ0n) is 12.2. The summed E-state index contributed by atoms with van der Waals surface area (Å²) in [6.45, 7) is 10.4. The Balaban J connectivity index is 4.06. The molecule has 0 amide bonds. The van der Waals surface area contributed by atoms with Crippen LogP contribution in [0.1, 0.15) is 53.9 Å². The van der Waals surface area contributed by atoms with Crippen molar-refractivity contribution in [3.63, 3.8) is 0 Å². The van der Waals surface area contributed by atoms with Crippen LogP contribution >= 0.6 is 0 Å². The van der Waals surface area contributed by atoms with Crippen LogP contribution in [0.5, 0.6) is 0 Å². The lowest BCUT2D eigenvalue weighted by atomic mass is 9.97. The summed E-state index contributed by atoms with van der Waals surface area (Å²) in [6, 6.07) is 0. The molecule has 0 aromatic rings. The molecular weight excluding hydrogens is 232 g/mol. The highest BCUT2D eigenvalue weighted by Gasteiger charge is 2.20. The molecule has 0 heterocycles. The van der Waals surface area contributed by atoms with Gasteiger partial charge in [-0.2, -0.15) is 0 Å². The molecule has 0 aliphatic carbocycles. The maximum atomic E-state index is 11.6. The van der Waals surface area contributed by atoms with E-state index in [9.17, 15) is 9.59 Å². The van der Waals surface area contributed by atoms with E-state index in [0.717, 1.165) is 6.42 Å². The molecule has 0 aliphatic rings. The molecule has 0 radical (unpaired) electrons. The van der Waals surface area contributed by atoms with Gasteiger partial charge >= 0.3 is 11.9 Å². The molecule has 0 aromatic heterocycles. The summed E-state index contributed by atoms with van der Waals surface area (Å²) in [7, 11) is 0. The van der Waals surface area contributed by atoms with Gasteiger partial charge in [0.25, 0.3) is 0 Å². The van der Waals surface area contributed by atoms with Crippen LogP contribution in [-0.4, -0.2) is 24.6 Å². The SMILES string of the molecule is CCOC(=O)CCC(=O)OC(CC(C)C)C(C)C. The van der Waals surface area contributed by atoms with E-state index in [-0.39, 0.29) is 30.9 Å². The average Bonchev–Trinajstić information content (AvgIpc) is 2.25. The second kappa shape index (κ2) is 8.95. The fourth-order valence-corrected chi connectivity index (χ4v) is 1.59. The quantitative estimate of drug-likeness (QED) is 0.628. The Kier molecular flexibility index (Phi) is 8.42. The van der Waals surface area contributed by atoms with E-state index in [0.29, 0.717) is 18.4 Å². The van der Waals surface area contributed by atoms with Crippen molar-refractivity contribution in [3.8, 4) is 0 Å². The molecule has 4 heteroatoms. The smallest absolute Gasteiger partial charge is 0.306 e. The Morgan fingerprint density at radius 2 is 1.56 bits per heavy atom. The summed E-state index contributed by atoms with van der Waals surface area (Å²) in [5.74, 6) is 0.107. The molecule has 1 atom stereocenters. The summed E-state index contributed by atoms with van der Waals surface area (Å²) in [5, 5.41) is 0. The lowest BCUT2D eigenvalue weighted by Gasteiger charge is -2.23. The third-order valence-corrected chi connectivity index (χ3v) is 2.57. The van der Waals surface area contributed by atoms with Crippen LogP contribution in [0.2, 0.25) is 0 Å². The van der Waals surface area contributed by atoms with Gasteiger partial charge in [0.15, 0.2) is 0 Å². The number of carbonyl (C=O) groups excluding carboxylic acids is 2. The van der Waals surface area contributed by atoms with Crippen molar-refractivity contribution in [1.29, 1.82) is 0 Å². The zero-order valence-corrected chi connectivity index (χ0v) is 12.2. The Bertz CT molecular complexity index is 259. The Morgan fingerprint density at radius 1 is 1.00 bits per heavy atom.